The van der Waals surface area contributed by atoms with Crippen molar-refractivity contribution in [2.45, 2.75) is 46.6 Å². The van der Waals surface area contributed by atoms with Gasteiger partial charge in [0.05, 0.1) is 5.60 Å². The summed E-state index contributed by atoms with van der Waals surface area (Å²) in [4.78, 5) is 26.5. The molecule has 118 valence electrons. The van der Waals surface area contributed by atoms with Crippen molar-refractivity contribution in [2.24, 2.45) is 11.8 Å². The molecule has 21 heavy (non-hydrogen) atoms. The number of nitrogens with one attached hydrogen (secondary N) is 2. The van der Waals surface area contributed by atoms with Crippen LogP contribution in [0, 0.1) is 11.8 Å². The number of aliphatic hydroxyl groups is 1. The standard InChI is InChI=1S/C16H26N2O3/c1-10(2)6-13-7-12(8-14(19)18-13)15(20)17-9-16(5,21)11(3)4/h7-8,10-11,21H,6,9H2,1-5H3,(H,17,20)(H,18,19). The Hall–Kier alpha value is -1.62. The van der Waals surface area contributed by atoms with Crippen LogP contribution in [0.1, 0.15) is 50.7 Å². The molecule has 5 heteroatoms. The number of carbonyl (C=O) groups is 1. The van der Waals surface area contributed by atoms with Gasteiger partial charge in [-0.2, -0.15) is 0 Å². The summed E-state index contributed by atoms with van der Waals surface area (Å²) in [6, 6.07) is 2.98. The zero-order chi connectivity index (χ0) is 16.2. The summed E-state index contributed by atoms with van der Waals surface area (Å²) in [6.07, 6.45) is 0.708. The third-order valence-corrected chi connectivity index (χ3v) is 3.64. The van der Waals surface area contributed by atoms with Gasteiger partial charge in [-0.1, -0.05) is 27.7 Å². The Kier molecular flexibility index (Phi) is 5.72. The second-order valence-electron chi connectivity index (χ2n) is 6.55. The Bertz CT molecular complexity index is 545. The van der Waals surface area contributed by atoms with E-state index in [1.807, 2.05) is 27.7 Å². The average molecular weight is 294 g/mol. The third kappa shape index (κ3) is 5.34. The predicted molar refractivity (Wildman–Crippen MR) is 83.4 cm³/mol. The van der Waals surface area contributed by atoms with Gasteiger partial charge in [-0.05, 0) is 31.2 Å². The Morgan fingerprint density at radius 2 is 1.95 bits per heavy atom. The van der Waals surface area contributed by atoms with Crippen molar-refractivity contribution in [1.29, 1.82) is 0 Å². The Balaban J connectivity index is 2.83. The number of carbonyl (C=O) groups excluding carboxylic acids is 1. The highest BCUT2D eigenvalue weighted by Crippen LogP contribution is 2.14. The highest BCUT2D eigenvalue weighted by molar-refractivity contribution is 5.94. The molecule has 0 saturated carbocycles. The van der Waals surface area contributed by atoms with Crippen LogP contribution in [0.3, 0.4) is 0 Å². The van der Waals surface area contributed by atoms with Gasteiger partial charge in [0.25, 0.3) is 5.91 Å². The van der Waals surface area contributed by atoms with Crippen LogP contribution in [-0.2, 0) is 6.42 Å². The monoisotopic (exact) mass is 294 g/mol. The molecule has 1 unspecified atom stereocenters. The zero-order valence-electron chi connectivity index (χ0n) is 13.5. The van der Waals surface area contributed by atoms with Gasteiger partial charge in [-0.25, -0.2) is 0 Å². The number of pyridine rings is 1. The van der Waals surface area contributed by atoms with E-state index in [-0.39, 0.29) is 23.9 Å². The molecule has 0 spiro atoms. The molecule has 0 fully saturated rings. The van der Waals surface area contributed by atoms with Gasteiger partial charge < -0.3 is 15.4 Å². The minimum Gasteiger partial charge on any atom is -0.388 e. The molecule has 0 saturated heterocycles. The van der Waals surface area contributed by atoms with Crippen LogP contribution < -0.4 is 10.9 Å². The molecule has 3 N–H and O–H groups in total. The number of amides is 1. The van der Waals surface area contributed by atoms with Gasteiger partial charge in [-0.15, -0.1) is 0 Å². The summed E-state index contributed by atoms with van der Waals surface area (Å²) in [7, 11) is 0. The van der Waals surface area contributed by atoms with E-state index in [9.17, 15) is 14.7 Å². The number of aromatic nitrogens is 1. The molecule has 0 aromatic carbocycles. The topological polar surface area (TPSA) is 82.2 Å². The minimum absolute atomic E-state index is 0.0217. The van der Waals surface area contributed by atoms with Crippen LogP contribution in [0.15, 0.2) is 16.9 Å². The summed E-state index contributed by atoms with van der Waals surface area (Å²) < 4.78 is 0. The van der Waals surface area contributed by atoms with Crippen molar-refractivity contribution < 1.29 is 9.90 Å². The first-order valence-corrected chi connectivity index (χ1v) is 7.35. The maximum atomic E-state index is 12.1. The fourth-order valence-corrected chi connectivity index (χ4v) is 1.85. The fraction of sp³-hybridized carbons (Fsp3) is 0.625. The van der Waals surface area contributed by atoms with E-state index >= 15 is 0 Å². The van der Waals surface area contributed by atoms with Gasteiger partial charge in [0.1, 0.15) is 0 Å². The van der Waals surface area contributed by atoms with Crippen LogP contribution in [-0.4, -0.2) is 28.1 Å². The lowest BCUT2D eigenvalue weighted by Gasteiger charge is -2.27. The second kappa shape index (κ2) is 6.89. The summed E-state index contributed by atoms with van der Waals surface area (Å²) >= 11 is 0. The molecular formula is C16H26N2O3. The molecule has 1 atom stereocenters. The fourth-order valence-electron chi connectivity index (χ4n) is 1.85. The molecule has 0 aliphatic rings. The van der Waals surface area contributed by atoms with Crippen molar-refractivity contribution in [1.82, 2.24) is 10.3 Å². The van der Waals surface area contributed by atoms with Crippen LogP contribution in [0.2, 0.25) is 0 Å². The molecule has 1 aromatic rings. The van der Waals surface area contributed by atoms with E-state index in [2.05, 4.69) is 10.3 Å². The molecular weight excluding hydrogens is 268 g/mol. The van der Waals surface area contributed by atoms with Gasteiger partial charge in [0, 0.05) is 23.9 Å². The Labute approximate surface area is 125 Å². The summed E-state index contributed by atoms with van der Waals surface area (Å²) in [5.41, 5.74) is -0.182. The number of hydrogen-bond donors (Lipinski definition) is 3. The Morgan fingerprint density at radius 1 is 1.33 bits per heavy atom. The van der Waals surface area contributed by atoms with E-state index in [4.69, 9.17) is 0 Å². The van der Waals surface area contributed by atoms with Gasteiger partial charge in [0.15, 0.2) is 0 Å². The predicted octanol–water partition coefficient (Wildman–Crippen LogP) is 1.71. The average Bonchev–Trinajstić information content (AvgIpc) is 2.34. The van der Waals surface area contributed by atoms with Crippen LogP contribution in [0.4, 0.5) is 0 Å². The van der Waals surface area contributed by atoms with Crippen molar-refractivity contribution in [3.05, 3.63) is 33.7 Å². The SMILES string of the molecule is CC(C)Cc1cc(C(=O)NCC(C)(O)C(C)C)cc(=O)[nH]1. The molecule has 5 nitrogen and oxygen atoms in total. The first-order valence-electron chi connectivity index (χ1n) is 7.35. The quantitative estimate of drug-likeness (QED) is 0.747. The Morgan fingerprint density at radius 3 is 2.48 bits per heavy atom. The zero-order valence-corrected chi connectivity index (χ0v) is 13.5. The van der Waals surface area contributed by atoms with E-state index in [1.165, 1.54) is 6.07 Å². The highest BCUT2D eigenvalue weighted by Gasteiger charge is 2.25. The van der Waals surface area contributed by atoms with Gasteiger partial charge in [0.2, 0.25) is 5.56 Å². The molecule has 0 aliphatic heterocycles. The van der Waals surface area contributed by atoms with Gasteiger partial charge in [-0.3, -0.25) is 9.59 Å². The largest absolute Gasteiger partial charge is 0.388 e. The molecule has 0 radical (unpaired) electrons. The second-order valence-corrected chi connectivity index (χ2v) is 6.55. The van der Waals surface area contributed by atoms with Crippen molar-refractivity contribution in [3.8, 4) is 0 Å². The lowest BCUT2D eigenvalue weighted by molar-refractivity contribution is 0.0142. The first-order chi connectivity index (χ1) is 9.61. The molecule has 1 aromatic heterocycles. The van der Waals surface area contributed by atoms with Crippen molar-refractivity contribution >= 4 is 5.91 Å². The maximum Gasteiger partial charge on any atom is 0.251 e. The van der Waals surface area contributed by atoms with Crippen molar-refractivity contribution in [2.75, 3.05) is 6.54 Å². The van der Waals surface area contributed by atoms with Gasteiger partial charge >= 0.3 is 0 Å². The van der Waals surface area contributed by atoms with E-state index < -0.39 is 5.60 Å². The maximum absolute atomic E-state index is 12.1. The third-order valence-electron chi connectivity index (χ3n) is 3.64. The number of rotatable bonds is 6. The first kappa shape index (κ1) is 17.4. The summed E-state index contributed by atoms with van der Waals surface area (Å²) in [6.45, 7) is 9.70. The highest BCUT2D eigenvalue weighted by atomic mass is 16.3. The lowest BCUT2D eigenvalue weighted by atomic mass is 9.92. The van der Waals surface area contributed by atoms with E-state index in [0.717, 1.165) is 5.69 Å². The normalized spacial score (nSPS) is 14.3. The van der Waals surface area contributed by atoms with Crippen LogP contribution in [0.25, 0.3) is 0 Å². The summed E-state index contributed by atoms with van der Waals surface area (Å²) in [5, 5.41) is 12.8. The lowest BCUT2D eigenvalue weighted by Crippen LogP contribution is -2.44. The van der Waals surface area contributed by atoms with E-state index in [0.29, 0.717) is 17.9 Å². The summed E-state index contributed by atoms with van der Waals surface area (Å²) in [5.74, 6) is 0.0705. The molecule has 1 rings (SSSR count). The smallest absolute Gasteiger partial charge is 0.251 e. The number of H-pyrrole nitrogens is 1. The molecule has 1 amide bonds. The van der Waals surface area contributed by atoms with Crippen molar-refractivity contribution in [3.63, 3.8) is 0 Å². The molecule has 0 bridgehead atoms. The molecule has 0 aliphatic carbocycles. The van der Waals surface area contributed by atoms with Crippen LogP contribution in [0.5, 0.6) is 0 Å². The van der Waals surface area contributed by atoms with E-state index in [1.54, 1.807) is 13.0 Å². The number of aromatic amines is 1. The number of hydrogen-bond acceptors (Lipinski definition) is 3. The molecule has 1 heterocycles. The van der Waals surface area contributed by atoms with Crippen LogP contribution >= 0.6 is 0 Å². The minimum atomic E-state index is -0.975.